The van der Waals surface area contributed by atoms with Crippen LogP contribution in [0.1, 0.15) is 15.4 Å². The maximum absolute atomic E-state index is 11.8. The Bertz CT molecular complexity index is 544. The molecule has 7 heteroatoms. The molecule has 2 rings (SSSR count). The Morgan fingerprint density at radius 3 is 3.11 bits per heavy atom. The zero-order valence-corrected chi connectivity index (χ0v) is 11.8. The Kier molecular flexibility index (Phi) is 4.27. The zero-order valence-electron chi connectivity index (χ0n) is 9.39. The maximum Gasteiger partial charge on any atom is 0.273 e. The third-order valence-electron chi connectivity index (χ3n) is 2.22. The molecule has 0 fully saturated rings. The molecule has 94 valence electrons. The number of anilines is 1. The summed E-state index contributed by atoms with van der Waals surface area (Å²) in [6.45, 7) is 0.549. The zero-order chi connectivity index (χ0) is 13.0. The smallest absolute Gasteiger partial charge is 0.273 e. The van der Waals surface area contributed by atoms with Crippen LogP contribution in [0.4, 0.5) is 5.82 Å². The molecule has 0 atom stereocenters. The maximum atomic E-state index is 11.8. The Morgan fingerprint density at radius 1 is 1.56 bits per heavy atom. The average Bonchev–Trinajstić information content (AvgIpc) is 2.85. The van der Waals surface area contributed by atoms with Crippen LogP contribution in [0.3, 0.4) is 0 Å². The van der Waals surface area contributed by atoms with Gasteiger partial charge < -0.3 is 11.1 Å². The molecule has 0 aromatic carbocycles. The molecule has 0 spiro atoms. The van der Waals surface area contributed by atoms with Gasteiger partial charge in [-0.25, -0.2) is 9.97 Å². The minimum Gasteiger partial charge on any atom is -0.382 e. The van der Waals surface area contributed by atoms with Crippen molar-refractivity contribution < 1.29 is 4.79 Å². The van der Waals surface area contributed by atoms with E-state index in [1.165, 1.54) is 11.1 Å². The highest BCUT2D eigenvalue weighted by Crippen LogP contribution is 2.11. The number of nitrogens with one attached hydrogen (secondary N) is 1. The Hall–Kier alpha value is -1.47. The van der Waals surface area contributed by atoms with Crippen molar-refractivity contribution in [3.8, 4) is 0 Å². The van der Waals surface area contributed by atoms with Gasteiger partial charge in [0.25, 0.3) is 5.91 Å². The van der Waals surface area contributed by atoms with E-state index in [0.717, 1.165) is 6.42 Å². The fraction of sp³-hybridized carbons (Fsp3) is 0.182. The van der Waals surface area contributed by atoms with Crippen LogP contribution in [-0.4, -0.2) is 22.4 Å². The van der Waals surface area contributed by atoms with Crippen LogP contribution in [0.5, 0.6) is 0 Å². The lowest BCUT2D eigenvalue weighted by Crippen LogP contribution is -2.27. The molecular formula is C11H11BrN4OS. The molecule has 0 saturated carbocycles. The van der Waals surface area contributed by atoms with Crippen LogP contribution in [-0.2, 0) is 6.42 Å². The van der Waals surface area contributed by atoms with E-state index in [4.69, 9.17) is 5.73 Å². The highest BCUT2D eigenvalue weighted by Gasteiger charge is 2.12. The normalized spacial score (nSPS) is 10.3. The van der Waals surface area contributed by atoms with Crippen LogP contribution in [0.25, 0.3) is 0 Å². The molecule has 18 heavy (non-hydrogen) atoms. The summed E-state index contributed by atoms with van der Waals surface area (Å²) in [4.78, 5) is 20.9. The highest BCUT2D eigenvalue weighted by atomic mass is 79.9. The van der Waals surface area contributed by atoms with Crippen molar-refractivity contribution in [1.82, 2.24) is 15.3 Å². The van der Waals surface area contributed by atoms with Gasteiger partial charge in [0.05, 0.1) is 6.20 Å². The number of amides is 1. The minimum absolute atomic E-state index is 0.131. The first-order valence-corrected chi connectivity index (χ1v) is 6.92. The third kappa shape index (κ3) is 3.27. The first-order valence-electron chi connectivity index (χ1n) is 5.25. The number of aromatic nitrogens is 2. The fourth-order valence-corrected chi connectivity index (χ4v) is 2.37. The number of hydrogen-bond donors (Lipinski definition) is 2. The Morgan fingerprint density at radius 2 is 2.39 bits per heavy atom. The SMILES string of the molecule is Nc1ncc(Br)nc1C(=O)NCCc1cccs1. The van der Waals surface area contributed by atoms with Crippen molar-refractivity contribution >= 4 is 39.0 Å². The summed E-state index contributed by atoms with van der Waals surface area (Å²) < 4.78 is 0.486. The van der Waals surface area contributed by atoms with Gasteiger partial charge in [0, 0.05) is 11.4 Å². The second kappa shape index (κ2) is 5.92. The van der Waals surface area contributed by atoms with Gasteiger partial charge >= 0.3 is 0 Å². The summed E-state index contributed by atoms with van der Waals surface area (Å²) in [6.07, 6.45) is 2.25. The number of nitrogens with two attached hydrogens (primary N) is 1. The summed E-state index contributed by atoms with van der Waals surface area (Å²) in [6, 6.07) is 4.02. The molecule has 0 radical (unpaired) electrons. The van der Waals surface area contributed by atoms with E-state index in [1.54, 1.807) is 11.3 Å². The lowest BCUT2D eigenvalue weighted by atomic mass is 10.3. The average molecular weight is 327 g/mol. The highest BCUT2D eigenvalue weighted by molar-refractivity contribution is 9.10. The molecule has 1 amide bonds. The molecule has 5 nitrogen and oxygen atoms in total. The van der Waals surface area contributed by atoms with E-state index in [2.05, 4.69) is 31.2 Å². The summed E-state index contributed by atoms with van der Waals surface area (Å²) in [7, 11) is 0. The number of carbonyl (C=O) groups excluding carboxylic acids is 1. The first-order chi connectivity index (χ1) is 8.66. The fourth-order valence-electron chi connectivity index (χ4n) is 1.38. The van der Waals surface area contributed by atoms with Gasteiger partial charge in [-0.15, -0.1) is 11.3 Å². The van der Waals surface area contributed by atoms with Crippen molar-refractivity contribution in [2.75, 3.05) is 12.3 Å². The molecule has 0 bridgehead atoms. The van der Waals surface area contributed by atoms with Crippen LogP contribution in [0, 0.1) is 0 Å². The molecule has 2 heterocycles. The molecule has 2 aromatic heterocycles. The van der Waals surface area contributed by atoms with Crippen LogP contribution < -0.4 is 11.1 Å². The number of carbonyl (C=O) groups is 1. The monoisotopic (exact) mass is 326 g/mol. The van der Waals surface area contributed by atoms with Gasteiger partial charge in [0.1, 0.15) is 4.60 Å². The number of halogens is 1. The summed E-state index contributed by atoms with van der Waals surface area (Å²) in [5.74, 6) is -0.176. The van der Waals surface area contributed by atoms with Gasteiger partial charge in [-0.1, -0.05) is 6.07 Å². The van der Waals surface area contributed by atoms with Crippen molar-refractivity contribution in [2.45, 2.75) is 6.42 Å². The van der Waals surface area contributed by atoms with E-state index < -0.39 is 0 Å². The predicted molar refractivity (Wildman–Crippen MR) is 74.5 cm³/mol. The molecule has 0 aliphatic carbocycles. The van der Waals surface area contributed by atoms with Crippen molar-refractivity contribution in [1.29, 1.82) is 0 Å². The quantitative estimate of drug-likeness (QED) is 0.898. The molecule has 0 aliphatic heterocycles. The number of nitrogen functional groups attached to an aromatic ring is 1. The van der Waals surface area contributed by atoms with Crippen LogP contribution in [0.2, 0.25) is 0 Å². The van der Waals surface area contributed by atoms with E-state index in [0.29, 0.717) is 11.1 Å². The third-order valence-corrected chi connectivity index (χ3v) is 3.54. The molecule has 0 unspecified atom stereocenters. The summed E-state index contributed by atoms with van der Waals surface area (Å²) in [5, 5.41) is 4.78. The second-order valence-corrected chi connectivity index (χ2v) is 5.36. The van der Waals surface area contributed by atoms with Crippen molar-refractivity contribution in [2.24, 2.45) is 0 Å². The second-order valence-electron chi connectivity index (χ2n) is 3.51. The molecule has 0 saturated heterocycles. The van der Waals surface area contributed by atoms with E-state index in [-0.39, 0.29) is 17.4 Å². The molecule has 0 aliphatic rings. The van der Waals surface area contributed by atoms with Gasteiger partial charge in [0.2, 0.25) is 0 Å². The van der Waals surface area contributed by atoms with Crippen molar-refractivity contribution in [3.63, 3.8) is 0 Å². The minimum atomic E-state index is -0.308. The lowest BCUT2D eigenvalue weighted by Gasteiger charge is -2.05. The molecule has 2 aromatic rings. The number of hydrogen-bond acceptors (Lipinski definition) is 5. The molecule has 3 N–H and O–H groups in total. The van der Waals surface area contributed by atoms with Gasteiger partial charge in [-0.3, -0.25) is 4.79 Å². The summed E-state index contributed by atoms with van der Waals surface area (Å²) in [5.41, 5.74) is 5.75. The van der Waals surface area contributed by atoms with Crippen molar-refractivity contribution in [3.05, 3.63) is 38.9 Å². The van der Waals surface area contributed by atoms with Gasteiger partial charge in [-0.05, 0) is 33.8 Å². The van der Waals surface area contributed by atoms with Crippen LogP contribution in [0.15, 0.2) is 28.3 Å². The Balaban J connectivity index is 1.93. The largest absolute Gasteiger partial charge is 0.382 e. The van der Waals surface area contributed by atoms with Gasteiger partial charge in [-0.2, -0.15) is 0 Å². The summed E-state index contributed by atoms with van der Waals surface area (Å²) >= 11 is 4.82. The van der Waals surface area contributed by atoms with Crippen LogP contribution >= 0.6 is 27.3 Å². The number of thiophene rings is 1. The van der Waals surface area contributed by atoms with E-state index >= 15 is 0 Å². The topological polar surface area (TPSA) is 80.9 Å². The van der Waals surface area contributed by atoms with E-state index in [9.17, 15) is 4.79 Å². The van der Waals surface area contributed by atoms with Gasteiger partial charge in [0.15, 0.2) is 11.5 Å². The standard InChI is InChI=1S/C11H11BrN4OS/c12-8-6-15-10(13)9(16-8)11(17)14-4-3-7-2-1-5-18-7/h1-2,5-6H,3-4H2,(H2,13,15)(H,14,17). The van der Waals surface area contributed by atoms with E-state index in [1.807, 2.05) is 17.5 Å². The number of nitrogens with zero attached hydrogens (tertiary/aromatic N) is 2. The molecular weight excluding hydrogens is 316 g/mol. The predicted octanol–water partition coefficient (Wildman–Crippen LogP) is 1.86. The lowest BCUT2D eigenvalue weighted by molar-refractivity contribution is 0.0949. The number of rotatable bonds is 4. The Labute approximate surface area is 117 Å². The first kappa shape index (κ1) is 13.0.